The number of benzene rings is 1. The molecule has 1 aliphatic carbocycles. The molecule has 1 amide bonds. The number of nitrogens with zero attached hydrogens (tertiary/aromatic N) is 2. The first-order valence-electron chi connectivity index (χ1n) is 8.02. The van der Waals surface area contributed by atoms with Gasteiger partial charge in [-0.3, -0.25) is 4.79 Å². The smallest absolute Gasteiger partial charge is 0.316 e. The average molecular weight is 311 g/mol. The van der Waals surface area contributed by atoms with E-state index < -0.39 is 0 Å². The van der Waals surface area contributed by atoms with Gasteiger partial charge in [-0.2, -0.15) is 0 Å². The molecule has 0 radical (unpaired) electrons. The standard InChI is InChI=1S/C18H21N3O2/c1-13-3-5-14(6-4-13)17(22)21-15-7-9-16(10-8-15)23-18-19-11-2-12-20-18/h2-6,11-12,15-16H,7-10H2,1H3,(H,21,22). The third-order valence-electron chi connectivity index (χ3n) is 4.14. The van der Waals surface area contributed by atoms with Gasteiger partial charge in [-0.05, 0) is 50.8 Å². The van der Waals surface area contributed by atoms with Crippen LogP contribution in [0.4, 0.5) is 0 Å². The van der Waals surface area contributed by atoms with E-state index >= 15 is 0 Å². The van der Waals surface area contributed by atoms with Crippen molar-refractivity contribution in [3.63, 3.8) is 0 Å². The summed E-state index contributed by atoms with van der Waals surface area (Å²) in [5.41, 5.74) is 1.87. The summed E-state index contributed by atoms with van der Waals surface area (Å²) in [7, 11) is 0. The van der Waals surface area contributed by atoms with Gasteiger partial charge in [-0.1, -0.05) is 17.7 Å². The van der Waals surface area contributed by atoms with Crippen LogP contribution < -0.4 is 10.1 Å². The van der Waals surface area contributed by atoms with E-state index in [9.17, 15) is 4.79 Å². The lowest BCUT2D eigenvalue weighted by Gasteiger charge is -2.28. The fraction of sp³-hybridized carbons (Fsp3) is 0.389. The number of aryl methyl sites for hydroxylation is 1. The zero-order valence-corrected chi connectivity index (χ0v) is 13.2. The van der Waals surface area contributed by atoms with Gasteiger partial charge in [-0.15, -0.1) is 0 Å². The summed E-state index contributed by atoms with van der Waals surface area (Å²) in [6.45, 7) is 2.01. The number of ether oxygens (including phenoxy) is 1. The average Bonchev–Trinajstić information content (AvgIpc) is 2.58. The Morgan fingerprint density at radius 2 is 1.74 bits per heavy atom. The molecule has 0 spiro atoms. The molecule has 0 saturated heterocycles. The molecular formula is C18H21N3O2. The molecule has 2 aromatic rings. The summed E-state index contributed by atoms with van der Waals surface area (Å²) in [6.07, 6.45) is 7.11. The molecule has 1 saturated carbocycles. The fourth-order valence-corrected chi connectivity index (χ4v) is 2.79. The Hall–Kier alpha value is -2.43. The van der Waals surface area contributed by atoms with Crippen LogP contribution in [0.25, 0.3) is 0 Å². The lowest BCUT2D eigenvalue weighted by molar-refractivity contribution is 0.0885. The highest BCUT2D eigenvalue weighted by Gasteiger charge is 2.24. The molecule has 0 atom stereocenters. The Labute approximate surface area is 136 Å². The number of aromatic nitrogens is 2. The number of hydrogen-bond donors (Lipinski definition) is 1. The molecule has 1 aromatic carbocycles. The van der Waals surface area contributed by atoms with Crippen molar-refractivity contribution in [3.05, 3.63) is 53.9 Å². The van der Waals surface area contributed by atoms with Crippen molar-refractivity contribution in [2.45, 2.75) is 44.8 Å². The first-order valence-corrected chi connectivity index (χ1v) is 8.02. The third-order valence-corrected chi connectivity index (χ3v) is 4.14. The molecule has 5 heteroatoms. The topological polar surface area (TPSA) is 64.1 Å². The Morgan fingerprint density at radius 3 is 2.39 bits per heavy atom. The minimum absolute atomic E-state index is 0.000705. The third kappa shape index (κ3) is 4.28. The lowest BCUT2D eigenvalue weighted by atomic mass is 9.92. The van der Waals surface area contributed by atoms with Crippen LogP contribution in [0.15, 0.2) is 42.7 Å². The van der Waals surface area contributed by atoms with Crippen LogP contribution in [-0.4, -0.2) is 28.0 Å². The molecule has 1 aromatic heterocycles. The van der Waals surface area contributed by atoms with E-state index in [1.165, 1.54) is 0 Å². The number of carbonyl (C=O) groups is 1. The number of nitrogens with one attached hydrogen (secondary N) is 1. The zero-order chi connectivity index (χ0) is 16.1. The largest absolute Gasteiger partial charge is 0.460 e. The highest BCUT2D eigenvalue weighted by Crippen LogP contribution is 2.22. The van der Waals surface area contributed by atoms with E-state index in [-0.39, 0.29) is 18.1 Å². The second kappa shape index (κ2) is 7.22. The van der Waals surface area contributed by atoms with E-state index in [0.29, 0.717) is 11.6 Å². The molecule has 23 heavy (non-hydrogen) atoms. The number of hydrogen-bond acceptors (Lipinski definition) is 4. The number of carbonyl (C=O) groups excluding carboxylic acids is 1. The molecule has 1 heterocycles. The van der Waals surface area contributed by atoms with Crippen molar-refractivity contribution in [2.75, 3.05) is 0 Å². The van der Waals surface area contributed by atoms with Crippen molar-refractivity contribution < 1.29 is 9.53 Å². The quantitative estimate of drug-likeness (QED) is 0.943. The maximum Gasteiger partial charge on any atom is 0.316 e. The molecule has 120 valence electrons. The van der Waals surface area contributed by atoms with Crippen LogP contribution in [0.5, 0.6) is 6.01 Å². The molecule has 3 rings (SSSR count). The summed E-state index contributed by atoms with van der Waals surface area (Å²) in [6, 6.07) is 10.1. The second-order valence-electron chi connectivity index (χ2n) is 5.96. The molecule has 1 N–H and O–H groups in total. The van der Waals surface area contributed by atoms with E-state index in [1.807, 2.05) is 31.2 Å². The maximum absolute atomic E-state index is 12.2. The van der Waals surface area contributed by atoms with Gasteiger partial charge in [0.2, 0.25) is 0 Å². The zero-order valence-electron chi connectivity index (χ0n) is 13.2. The minimum Gasteiger partial charge on any atom is -0.460 e. The van der Waals surface area contributed by atoms with Gasteiger partial charge in [0.25, 0.3) is 5.91 Å². The highest BCUT2D eigenvalue weighted by atomic mass is 16.5. The Bertz CT molecular complexity index is 635. The van der Waals surface area contributed by atoms with E-state index in [4.69, 9.17) is 4.74 Å². The van der Waals surface area contributed by atoms with Crippen LogP contribution >= 0.6 is 0 Å². The van der Waals surface area contributed by atoms with Gasteiger partial charge in [-0.25, -0.2) is 9.97 Å². The van der Waals surface area contributed by atoms with Crippen molar-refractivity contribution in [3.8, 4) is 6.01 Å². The Balaban J connectivity index is 1.47. The van der Waals surface area contributed by atoms with Gasteiger partial charge in [0.15, 0.2) is 0 Å². The van der Waals surface area contributed by atoms with Crippen LogP contribution in [0.2, 0.25) is 0 Å². The van der Waals surface area contributed by atoms with Crippen molar-refractivity contribution in [1.29, 1.82) is 0 Å². The van der Waals surface area contributed by atoms with E-state index in [1.54, 1.807) is 18.5 Å². The van der Waals surface area contributed by atoms with Gasteiger partial charge in [0.1, 0.15) is 6.10 Å². The van der Waals surface area contributed by atoms with Crippen LogP contribution in [0.3, 0.4) is 0 Å². The minimum atomic E-state index is 0.000705. The van der Waals surface area contributed by atoms with Gasteiger partial charge in [0, 0.05) is 24.0 Å². The van der Waals surface area contributed by atoms with E-state index in [0.717, 1.165) is 31.2 Å². The Kier molecular flexibility index (Phi) is 4.86. The van der Waals surface area contributed by atoms with Crippen molar-refractivity contribution >= 4 is 5.91 Å². The molecule has 0 bridgehead atoms. The van der Waals surface area contributed by atoms with E-state index in [2.05, 4.69) is 15.3 Å². The molecular weight excluding hydrogens is 290 g/mol. The molecule has 5 nitrogen and oxygen atoms in total. The second-order valence-corrected chi connectivity index (χ2v) is 5.96. The lowest BCUT2D eigenvalue weighted by Crippen LogP contribution is -2.39. The summed E-state index contributed by atoms with van der Waals surface area (Å²) >= 11 is 0. The van der Waals surface area contributed by atoms with Gasteiger partial charge >= 0.3 is 6.01 Å². The summed E-state index contributed by atoms with van der Waals surface area (Å²) in [5, 5.41) is 3.11. The molecule has 0 aliphatic heterocycles. The van der Waals surface area contributed by atoms with Crippen molar-refractivity contribution in [2.24, 2.45) is 0 Å². The van der Waals surface area contributed by atoms with Crippen LogP contribution in [0.1, 0.15) is 41.6 Å². The first kappa shape index (κ1) is 15.5. The predicted molar refractivity (Wildman–Crippen MR) is 87.3 cm³/mol. The number of amides is 1. The van der Waals surface area contributed by atoms with Crippen LogP contribution in [0, 0.1) is 6.92 Å². The maximum atomic E-state index is 12.2. The SMILES string of the molecule is Cc1ccc(C(=O)NC2CCC(Oc3ncccn3)CC2)cc1. The normalized spacial score (nSPS) is 20.7. The summed E-state index contributed by atoms with van der Waals surface area (Å²) in [5.74, 6) is 0.000705. The molecule has 1 aliphatic rings. The predicted octanol–water partition coefficient (Wildman–Crippen LogP) is 2.91. The van der Waals surface area contributed by atoms with Gasteiger partial charge < -0.3 is 10.1 Å². The van der Waals surface area contributed by atoms with Crippen LogP contribution in [-0.2, 0) is 0 Å². The molecule has 1 fully saturated rings. The summed E-state index contributed by atoms with van der Waals surface area (Å²) < 4.78 is 5.77. The van der Waals surface area contributed by atoms with Gasteiger partial charge in [0.05, 0.1) is 0 Å². The fourth-order valence-electron chi connectivity index (χ4n) is 2.79. The highest BCUT2D eigenvalue weighted by molar-refractivity contribution is 5.94. The number of rotatable bonds is 4. The molecule has 0 unspecified atom stereocenters. The Morgan fingerprint density at radius 1 is 1.09 bits per heavy atom. The summed E-state index contributed by atoms with van der Waals surface area (Å²) in [4.78, 5) is 20.4. The monoisotopic (exact) mass is 311 g/mol. The first-order chi connectivity index (χ1) is 11.2. The van der Waals surface area contributed by atoms with Crippen molar-refractivity contribution in [1.82, 2.24) is 15.3 Å².